The Morgan fingerprint density at radius 3 is 2.67 bits per heavy atom. The lowest BCUT2D eigenvalue weighted by molar-refractivity contribution is 0.129. The normalized spacial score (nSPS) is 12.0. The van der Waals surface area contributed by atoms with Gasteiger partial charge < -0.3 is 19.7 Å². The number of aliphatic hydroxyl groups is 1. The van der Waals surface area contributed by atoms with E-state index in [0.717, 1.165) is 11.4 Å². The lowest BCUT2D eigenvalue weighted by atomic mass is 10.2. The van der Waals surface area contributed by atoms with Gasteiger partial charge in [0.1, 0.15) is 11.6 Å². The first kappa shape index (κ1) is 18.7. The van der Waals surface area contributed by atoms with Crippen LogP contribution >= 0.6 is 0 Å². The third-order valence-electron chi connectivity index (χ3n) is 4.28. The van der Waals surface area contributed by atoms with Crippen molar-refractivity contribution in [2.24, 2.45) is 0 Å². The number of benzene rings is 1. The van der Waals surface area contributed by atoms with Gasteiger partial charge in [0.25, 0.3) is 0 Å². The number of urea groups is 1. The molecule has 0 bridgehead atoms. The van der Waals surface area contributed by atoms with Gasteiger partial charge >= 0.3 is 6.03 Å². The number of carbonyl (C=O) groups is 1. The molecule has 142 valence electrons. The monoisotopic (exact) mass is 369 g/mol. The Bertz CT molecular complexity index is 854. The minimum Gasteiger partial charge on any atom is -0.467 e. The highest BCUT2D eigenvalue weighted by atomic mass is 16.3. The van der Waals surface area contributed by atoms with E-state index in [1.165, 1.54) is 0 Å². The summed E-state index contributed by atoms with van der Waals surface area (Å²) in [5, 5.41) is 19.4. The van der Waals surface area contributed by atoms with E-state index >= 15 is 0 Å². The number of aliphatic hydroxyl groups excluding tert-OH is 1. The predicted octanol–water partition coefficient (Wildman–Crippen LogP) is 3.18. The van der Waals surface area contributed by atoms with Crippen LogP contribution in [0, 0.1) is 6.92 Å². The Labute approximate surface area is 157 Å². The van der Waals surface area contributed by atoms with Crippen LogP contribution in [-0.2, 0) is 6.54 Å². The number of carbonyl (C=O) groups excluding carboxylic acids is 1. The quantitative estimate of drug-likeness (QED) is 0.593. The Balaban J connectivity index is 1.72. The number of aromatic nitrogens is 3. The van der Waals surface area contributed by atoms with E-state index in [2.05, 4.69) is 20.5 Å². The largest absolute Gasteiger partial charge is 0.467 e. The Morgan fingerprint density at radius 2 is 2.11 bits per heavy atom. The van der Waals surface area contributed by atoms with Crippen LogP contribution in [-0.4, -0.2) is 43.9 Å². The molecular weight excluding hydrogens is 346 g/mol. The third-order valence-corrected chi connectivity index (χ3v) is 4.28. The second kappa shape index (κ2) is 8.50. The fraction of sp³-hybridized carbons (Fsp3) is 0.316. The average molecular weight is 369 g/mol. The molecule has 0 fully saturated rings. The second-order valence-corrected chi connectivity index (χ2v) is 6.20. The number of rotatable bonds is 7. The number of hydrogen-bond acceptors (Lipinski definition) is 5. The number of nitrogens with zero attached hydrogens (tertiary/aromatic N) is 3. The molecule has 2 aromatic heterocycles. The van der Waals surface area contributed by atoms with Crippen molar-refractivity contribution in [3.05, 3.63) is 54.2 Å². The molecule has 8 nitrogen and oxygen atoms in total. The van der Waals surface area contributed by atoms with Gasteiger partial charge in [-0.15, -0.1) is 0 Å². The highest BCUT2D eigenvalue weighted by molar-refractivity contribution is 5.89. The summed E-state index contributed by atoms with van der Waals surface area (Å²) in [7, 11) is 0. The molecule has 8 heteroatoms. The summed E-state index contributed by atoms with van der Waals surface area (Å²) in [6, 6.07) is 10.3. The molecule has 2 amide bonds. The van der Waals surface area contributed by atoms with Gasteiger partial charge in [-0.2, -0.15) is 5.10 Å². The van der Waals surface area contributed by atoms with Crippen LogP contribution in [0.3, 0.4) is 0 Å². The molecule has 0 saturated carbocycles. The number of nitrogens with one attached hydrogen (secondary N) is 2. The standard InChI is InChI=1S/C19H23N5O3/c1-3-16(12-25)24(11-17-5-4-10-27-17)19(26)21-15-8-6-14(7-9-15)18-20-13(2)22-23-18/h4-10,16,25H,3,11-12H2,1-2H3,(H,21,26)(H,20,22,23)/t16-/m0/s1. The molecule has 1 atom stereocenters. The van der Waals surface area contributed by atoms with Gasteiger partial charge in [-0.3, -0.25) is 5.10 Å². The summed E-state index contributed by atoms with van der Waals surface area (Å²) in [5.74, 6) is 2.01. The van der Waals surface area contributed by atoms with Gasteiger partial charge in [0.05, 0.1) is 25.5 Å². The van der Waals surface area contributed by atoms with Crippen molar-refractivity contribution in [2.45, 2.75) is 32.9 Å². The van der Waals surface area contributed by atoms with Gasteiger partial charge in [0.15, 0.2) is 5.82 Å². The molecule has 27 heavy (non-hydrogen) atoms. The van der Waals surface area contributed by atoms with E-state index in [4.69, 9.17) is 4.42 Å². The Morgan fingerprint density at radius 1 is 1.33 bits per heavy atom. The molecule has 3 N–H and O–H groups in total. The van der Waals surface area contributed by atoms with Gasteiger partial charge in [0.2, 0.25) is 0 Å². The molecule has 0 unspecified atom stereocenters. The van der Waals surface area contributed by atoms with Crippen LogP contribution in [0.25, 0.3) is 11.4 Å². The van der Waals surface area contributed by atoms with Gasteiger partial charge in [-0.1, -0.05) is 6.92 Å². The van der Waals surface area contributed by atoms with Crippen molar-refractivity contribution in [1.29, 1.82) is 0 Å². The summed E-state index contributed by atoms with van der Waals surface area (Å²) >= 11 is 0. The molecule has 2 heterocycles. The van der Waals surface area contributed by atoms with E-state index in [1.807, 2.05) is 26.0 Å². The fourth-order valence-electron chi connectivity index (χ4n) is 2.75. The number of aryl methyl sites for hydroxylation is 1. The molecule has 0 aliphatic rings. The number of amides is 2. The lowest BCUT2D eigenvalue weighted by Crippen LogP contribution is -2.44. The van der Waals surface area contributed by atoms with Crippen LogP contribution in [0.2, 0.25) is 0 Å². The van der Waals surface area contributed by atoms with Gasteiger partial charge in [0, 0.05) is 11.3 Å². The zero-order valence-corrected chi connectivity index (χ0v) is 15.3. The molecule has 0 saturated heterocycles. The van der Waals surface area contributed by atoms with Crippen molar-refractivity contribution in [2.75, 3.05) is 11.9 Å². The third kappa shape index (κ3) is 4.53. The number of hydrogen-bond donors (Lipinski definition) is 3. The van der Waals surface area contributed by atoms with Crippen LogP contribution in [0.4, 0.5) is 10.5 Å². The Hall–Kier alpha value is -3.13. The summed E-state index contributed by atoms with van der Waals surface area (Å²) in [6.07, 6.45) is 2.20. The van der Waals surface area contributed by atoms with Crippen molar-refractivity contribution < 1.29 is 14.3 Å². The number of anilines is 1. The molecule has 0 spiro atoms. The SMILES string of the molecule is CC[C@@H](CO)N(Cc1ccco1)C(=O)Nc1ccc(-c2n[nH]c(C)n2)cc1. The van der Waals surface area contributed by atoms with Crippen molar-refractivity contribution in [1.82, 2.24) is 20.1 Å². The van der Waals surface area contributed by atoms with Crippen molar-refractivity contribution >= 4 is 11.7 Å². The minimum absolute atomic E-state index is 0.117. The number of aromatic amines is 1. The number of furan rings is 1. The summed E-state index contributed by atoms with van der Waals surface area (Å²) in [5.41, 5.74) is 1.50. The smallest absolute Gasteiger partial charge is 0.322 e. The Kier molecular flexibility index (Phi) is 5.87. The maximum atomic E-state index is 12.8. The molecule has 0 aliphatic carbocycles. The van der Waals surface area contributed by atoms with E-state index in [1.54, 1.807) is 35.4 Å². The average Bonchev–Trinajstić information content (AvgIpc) is 3.34. The maximum absolute atomic E-state index is 12.8. The van der Waals surface area contributed by atoms with Crippen LogP contribution in [0.15, 0.2) is 47.1 Å². The lowest BCUT2D eigenvalue weighted by Gasteiger charge is -2.29. The highest BCUT2D eigenvalue weighted by Gasteiger charge is 2.23. The van der Waals surface area contributed by atoms with E-state index in [-0.39, 0.29) is 25.2 Å². The first-order chi connectivity index (χ1) is 13.1. The first-order valence-electron chi connectivity index (χ1n) is 8.81. The summed E-state index contributed by atoms with van der Waals surface area (Å²) in [6.45, 7) is 3.93. The van der Waals surface area contributed by atoms with Crippen LogP contribution in [0.1, 0.15) is 24.9 Å². The van der Waals surface area contributed by atoms with E-state index in [0.29, 0.717) is 23.7 Å². The van der Waals surface area contributed by atoms with Crippen LogP contribution < -0.4 is 5.32 Å². The maximum Gasteiger partial charge on any atom is 0.322 e. The first-order valence-corrected chi connectivity index (χ1v) is 8.81. The molecule has 0 radical (unpaired) electrons. The van der Waals surface area contributed by atoms with Crippen LogP contribution in [0.5, 0.6) is 0 Å². The van der Waals surface area contributed by atoms with E-state index in [9.17, 15) is 9.90 Å². The van der Waals surface area contributed by atoms with Crippen molar-refractivity contribution in [3.63, 3.8) is 0 Å². The molecule has 3 aromatic rings. The molecule has 0 aliphatic heterocycles. The fourth-order valence-corrected chi connectivity index (χ4v) is 2.75. The zero-order valence-electron chi connectivity index (χ0n) is 15.3. The summed E-state index contributed by atoms with van der Waals surface area (Å²) < 4.78 is 5.35. The minimum atomic E-state index is -0.300. The van der Waals surface area contributed by atoms with Gasteiger partial charge in [-0.05, 0) is 49.7 Å². The van der Waals surface area contributed by atoms with Gasteiger partial charge in [-0.25, -0.2) is 9.78 Å². The molecule has 1 aromatic carbocycles. The zero-order chi connectivity index (χ0) is 19.2. The molecular formula is C19H23N5O3. The second-order valence-electron chi connectivity index (χ2n) is 6.20. The topological polar surface area (TPSA) is 107 Å². The van der Waals surface area contributed by atoms with Crippen molar-refractivity contribution in [3.8, 4) is 11.4 Å². The highest BCUT2D eigenvalue weighted by Crippen LogP contribution is 2.19. The molecule has 3 rings (SSSR count). The number of H-pyrrole nitrogens is 1. The predicted molar refractivity (Wildman–Crippen MR) is 101 cm³/mol. The summed E-state index contributed by atoms with van der Waals surface area (Å²) in [4.78, 5) is 18.6. The van der Waals surface area contributed by atoms with E-state index < -0.39 is 0 Å².